The first-order valence-corrected chi connectivity index (χ1v) is 9.94. The Morgan fingerprint density at radius 1 is 1.19 bits per heavy atom. The van der Waals surface area contributed by atoms with Gasteiger partial charge in [0.2, 0.25) is 0 Å². The predicted octanol–water partition coefficient (Wildman–Crippen LogP) is 4.09. The van der Waals surface area contributed by atoms with Crippen molar-refractivity contribution >= 4 is 22.8 Å². The number of allylic oxidation sites excluding steroid dienone is 2. The minimum atomic E-state index is -0.318. The number of rotatable bonds is 7. The zero-order chi connectivity index (χ0) is 18.6. The molecule has 4 rings (SSSR count). The van der Waals surface area contributed by atoms with Crippen molar-refractivity contribution in [3.05, 3.63) is 47.8 Å². The molecular weight excluding hydrogens is 340 g/mol. The van der Waals surface area contributed by atoms with Gasteiger partial charge in [-0.1, -0.05) is 24.3 Å². The summed E-state index contributed by atoms with van der Waals surface area (Å²) in [5.41, 5.74) is 3.29. The molecule has 0 saturated heterocycles. The molecule has 1 N–H and O–H groups in total. The van der Waals surface area contributed by atoms with Crippen LogP contribution in [0.2, 0.25) is 0 Å². The van der Waals surface area contributed by atoms with Crippen molar-refractivity contribution < 1.29 is 14.3 Å². The number of aromatic nitrogens is 1. The van der Waals surface area contributed by atoms with E-state index in [1.54, 1.807) is 0 Å². The van der Waals surface area contributed by atoms with Crippen LogP contribution in [0, 0.1) is 0 Å². The molecule has 1 aromatic heterocycles. The minimum absolute atomic E-state index is 0.0777. The van der Waals surface area contributed by atoms with Gasteiger partial charge in [0.25, 0.3) is 5.91 Å². The highest BCUT2D eigenvalue weighted by Crippen LogP contribution is 2.33. The van der Waals surface area contributed by atoms with E-state index in [-0.39, 0.29) is 24.9 Å². The lowest BCUT2D eigenvalue weighted by atomic mass is 10.0. The number of amides is 1. The van der Waals surface area contributed by atoms with E-state index in [9.17, 15) is 9.59 Å². The molecule has 27 heavy (non-hydrogen) atoms. The molecule has 0 spiro atoms. The first-order valence-electron chi connectivity index (χ1n) is 9.94. The van der Waals surface area contributed by atoms with Gasteiger partial charge >= 0.3 is 5.97 Å². The van der Waals surface area contributed by atoms with Crippen molar-refractivity contribution in [3.8, 4) is 0 Å². The van der Waals surface area contributed by atoms with Crippen molar-refractivity contribution in [3.63, 3.8) is 0 Å². The molecule has 0 radical (unpaired) electrons. The van der Waals surface area contributed by atoms with Crippen molar-refractivity contribution in [1.82, 2.24) is 9.88 Å². The molecule has 0 unspecified atom stereocenters. The maximum absolute atomic E-state index is 12.6. The second-order valence-electron chi connectivity index (χ2n) is 7.46. The molecule has 1 aromatic carbocycles. The second kappa shape index (κ2) is 7.99. The Bertz CT molecular complexity index is 863. The van der Waals surface area contributed by atoms with Gasteiger partial charge in [0.15, 0.2) is 6.61 Å². The average Bonchev–Trinajstić information content (AvgIpc) is 3.44. The number of carbonyl (C=O) groups is 2. The van der Waals surface area contributed by atoms with Crippen molar-refractivity contribution in [2.45, 2.75) is 57.4 Å². The number of benzene rings is 1. The van der Waals surface area contributed by atoms with Crippen molar-refractivity contribution in [2.24, 2.45) is 0 Å². The number of para-hydroxylation sites is 1. The van der Waals surface area contributed by atoms with Gasteiger partial charge in [0, 0.05) is 35.3 Å². The van der Waals surface area contributed by atoms with Crippen LogP contribution in [0.25, 0.3) is 10.9 Å². The van der Waals surface area contributed by atoms with E-state index in [4.69, 9.17) is 4.74 Å². The molecule has 1 heterocycles. The van der Waals surface area contributed by atoms with E-state index >= 15 is 0 Å². The van der Waals surface area contributed by atoms with Gasteiger partial charge in [0.1, 0.15) is 0 Å². The molecule has 5 heteroatoms. The third-order valence-electron chi connectivity index (χ3n) is 5.39. The normalized spacial score (nSPS) is 16.8. The maximum atomic E-state index is 12.6. The molecular formula is C22H26N2O3. The summed E-state index contributed by atoms with van der Waals surface area (Å²) in [5.74, 6) is -0.395. The summed E-state index contributed by atoms with van der Waals surface area (Å²) in [7, 11) is 0. The molecule has 0 aliphatic heterocycles. The Kier molecular flexibility index (Phi) is 5.28. The smallest absolute Gasteiger partial charge is 0.306 e. The zero-order valence-corrected chi connectivity index (χ0v) is 15.6. The highest BCUT2D eigenvalue weighted by atomic mass is 16.5. The number of ether oxygens (including phenoxy) is 1. The summed E-state index contributed by atoms with van der Waals surface area (Å²) in [6, 6.07) is 8.34. The lowest BCUT2D eigenvalue weighted by molar-refractivity contribution is -0.151. The van der Waals surface area contributed by atoms with Gasteiger partial charge in [-0.25, -0.2) is 0 Å². The zero-order valence-electron chi connectivity index (χ0n) is 15.6. The van der Waals surface area contributed by atoms with E-state index in [1.165, 1.54) is 6.42 Å². The maximum Gasteiger partial charge on any atom is 0.306 e. The van der Waals surface area contributed by atoms with Gasteiger partial charge in [-0.05, 0) is 56.6 Å². The monoisotopic (exact) mass is 366 g/mol. The fourth-order valence-electron chi connectivity index (χ4n) is 3.83. The fourth-order valence-corrected chi connectivity index (χ4v) is 3.83. The van der Waals surface area contributed by atoms with Gasteiger partial charge in [-0.3, -0.25) is 9.59 Å². The number of aromatic amines is 1. The number of nitrogens with zero attached hydrogens (tertiary/aromatic N) is 1. The third-order valence-corrected chi connectivity index (χ3v) is 5.39. The van der Waals surface area contributed by atoms with Crippen LogP contribution in [-0.2, 0) is 20.7 Å². The second-order valence-corrected chi connectivity index (χ2v) is 7.46. The summed E-state index contributed by atoms with van der Waals surface area (Å²) in [6.45, 7) is -0.152. The number of hydrogen-bond donors (Lipinski definition) is 1. The summed E-state index contributed by atoms with van der Waals surface area (Å²) in [4.78, 5) is 29.9. The van der Waals surface area contributed by atoms with Gasteiger partial charge in [-0.15, -0.1) is 0 Å². The molecule has 2 aromatic rings. The van der Waals surface area contributed by atoms with Crippen molar-refractivity contribution in [1.29, 1.82) is 0 Å². The molecule has 1 fully saturated rings. The summed E-state index contributed by atoms with van der Waals surface area (Å²) < 4.78 is 5.30. The number of esters is 1. The Balaban J connectivity index is 1.29. The number of hydrogen-bond acceptors (Lipinski definition) is 3. The van der Waals surface area contributed by atoms with Crippen LogP contribution in [0.3, 0.4) is 0 Å². The third kappa shape index (κ3) is 4.24. The van der Waals surface area contributed by atoms with Crippen LogP contribution >= 0.6 is 0 Å². The molecule has 0 atom stereocenters. The van der Waals surface area contributed by atoms with E-state index in [1.807, 2.05) is 35.4 Å². The summed E-state index contributed by atoms with van der Waals surface area (Å²) in [5, 5.41) is 1.13. The summed E-state index contributed by atoms with van der Waals surface area (Å²) in [6.07, 6.45) is 11.4. The Hall–Kier alpha value is -2.56. The van der Waals surface area contributed by atoms with Crippen LogP contribution in [-0.4, -0.2) is 34.4 Å². The molecule has 0 bridgehead atoms. The molecule has 2 aliphatic carbocycles. The quantitative estimate of drug-likeness (QED) is 0.751. The minimum Gasteiger partial charge on any atom is -0.456 e. The van der Waals surface area contributed by atoms with Gasteiger partial charge < -0.3 is 14.6 Å². The summed E-state index contributed by atoms with van der Waals surface area (Å²) >= 11 is 0. The largest absolute Gasteiger partial charge is 0.456 e. The molecule has 142 valence electrons. The first-order chi connectivity index (χ1) is 13.2. The predicted molar refractivity (Wildman–Crippen MR) is 104 cm³/mol. The molecule has 1 saturated carbocycles. The van der Waals surface area contributed by atoms with Gasteiger partial charge in [-0.2, -0.15) is 0 Å². The first kappa shape index (κ1) is 17.8. The van der Waals surface area contributed by atoms with Gasteiger partial charge in [0.05, 0.1) is 0 Å². The van der Waals surface area contributed by atoms with E-state index < -0.39 is 0 Å². The lowest BCUT2D eigenvalue weighted by Gasteiger charge is -2.27. The Labute approximate surface area is 159 Å². The number of H-pyrrole nitrogens is 1. The highest BCUT2D eigenvalue weighted by molar-refractivity contribution is 5.84. The SMILES string of the molecule is O=C(CCc1c[nH]c2ccccc12)OCC(=O)N(C1=CCCCC1)C1CC1. The number of nitrogens with one attached hydrogen (secondary N) is 1. The highest BCUT2D eigenvalue weighted by Gasteiger charge is 2.35. The number of aryl methyl sites for hydroxylation is 1. The lowest BCUT2D eigenvalue weighted by Crippen LogP contribution is -2.36. The number of carbonyl (C=O) groups excluding carboxylic acids is 2. The Morgan fingerprint density at radius 2 is 2.04 bits per heavy atom. The number of fused-ring (bicyclic) bond motifs is 1. The van der Waals surface area contributed by atoms with Crippen LogP contribution in [0.5, 0.6) is 0 Å². The van der Waals surface area contributed by atoms with E-state index in [2.05, 4.69) is 11.1 Å². The molecule has 5 nitrogen and oxygen atoms in total. The molecule has 2 aliphatic rings. The standard InChI is InChI=1S/C22H26N2O3/c25-21(24(18-11-12-18)17-6-2-1-3-7-17)15-27-22(26)13-10-16-14-23-20-9-5-4-8-19(16)20/h4-6,8-9,14,18,23H,1-3,7,10-13,15H2. The Morgan fingerprint density at radius 3 is 2.81 bits per heavy atom. The van der Waals surface area contributed by atoms with Crippen LogP contribution < -0.4 is 0 Å². The van der Waals surface area contributed by atoms with Crippen LogP contribution in [0.4, 0.5) is 0 Å². The van der Waals surface area contributed by atoms with E-state index in [0.717, 1.165) is 54.3 Å². The topological polar surface area (TPSA) is 62.4 Å². The molecule has 1 amide bonds. The fraction of sp³-hybridized carbons (Fsp3) is 0.455. The van der Waals surface area contributed by atoms with Crippen molar-refractivity contribution in [2.75, 3.05) is 6.61 Å². The average molecular weight is 366 g/mol. The van der Waals surface area contributed by atoms with Crippen LogP contribution in [0.15, 0.2) is 42.2 Å². The van der Waals surface area contributed by atoms with Crippen LogP contribution in [0.1, 0.15) is 50.5 Å². The van der Waals surface area contributed by atoms with E-state index in [0.29, 0.717) is 12.5 Å².